The van der Waals surface area contributed by atoms with Crippen LogP contribution in [0.3, 0.4) is 0 Å². The van der Waals surface area contributed by atoms with Crippen LogP contribution in [0.15, 0.2) is 48.5 Å². The molecule has 0 radical (unpaired) electrons. The van der Waals surface area contributed by atoms with Crippen LogP contribution in [0.4, 0.5) is 21.9 Å². The second-order valence-electron chi connectivity index (χ2n) is 6.43. The molecule has 2 aromatic rings. The van der Waals surface area contributed by atoms with Crippen molar-refractivity contribution in [1.82, 2.24) is 5.32 Å². The average Bonchev–Trinajstić information content (AvgIpc) is 2.61. The SMILES string of the molecule is Cc1ccc(NC(=O)C(NC(=O)Nc2ccccc2)C(C)C)cc1[N+](=O)[O-]. The molecule has 0 aliphatic heterocycles. The molecule has 2 rings (SSSR count). The maximum atomic E-state index is 12.6. The second-order valence-corrected chi connectivity index (χ2v) is 6.43. The summed E-state index contributed by atoms with van der Waals surface area (Å²) in [6.07, 6.45) is 0. The standard InChI is InChI=1S/C19H22N4O4/c1-12(2)17(22-19(25)21-14-7-5-4-6-8-14)18(24)20-15-10-9-13(3)16(11-15)23(26)27/h4-12,17H,1-3H3,(H,20,24)(H2,21,22,25). The van der Waals surface area contributed by atoms with Crippen molar-refractivity contribution < 1.29 is 14.5 Å². The average molecular weight is 370 g/mol. The largest absolute Gasteiger partial charge is 0.326 e. The van der Waals surface area contributed by atoms with E-state index in [1.807, 2.05) is 6.07 Å². The molecule has 27 heavy (non-hydrogen) atoms. The van der Waals surface area contributed by atoms with Gasteiger partial charge in [-0.1, -0.05) is 38.1 Å². The molecule has 0 spiro atoms. The molecule has 2 aromatic carbocycles. The van der Waals surface area contributed by atoms with E-state index in [2.05, 4.69) is 16.0 Å². The van der Waals surface area contributed by atoms with Crippen molar-refractivity contribution in [2.45, 2.75) is 26.8 Å². The van der Waals surface area contributed by atoms with Crippen LogP contribution in [0.5, 0.6) is 0 Å². The van der Waals surface area contributed by atoms with Gasteiger partial charge in [0.15, 0.2) is 0 Å². The molecule has 0 aliphatic carbocycles. The minimum Gasteiger partial charge on any atom is -0.326 e. The maximum absolute atomic E-state index is 12.6. The third-order valence-electron chi connectivity index (χ3n) is 3.94. The Morgan fingerprint density at radius 3 is 2.26 bits per heavy atom. The first-order valence-electron chi connectivity index (χ1n) is 8.46. The van der Waals surface area contributed by atoms with Crippen molar-refractivity contribution in [2.75, 3.05) is 10.6 Å². The van der Waals surface area contributed by atoms with E-state index in [0.717, 1.165) is 0 Å². The van der Waals surface area contributed by atoms with E-state index in [9.17, 15) is 19.7 Å². The molecule has 0 heterocycles. The Balaban J connectivity index is 2.07. The summed E-state index contributed by atoms with van der Waals surface area (Å²) < 4.78 is 0. The Labute approximate surface area is 157 Å². The first kappa shape index (κ1) is 19.9. The Hall–Kier alpha value is -3.42. The van der Waals surface area contributed by atoms with Gasteiger partial charge >= 0.3 is 6.03 Å². The van der Waals surface area contributed by atoms with Crippen LogP contribution in [0.1, 0.15) is 19.4 Å². The minimum absolute atomic E-state index is 0.0799. The van der Waals surface area contributed by atoms with Gasteiger partial charge in [-0.2, -0.15) is 0 Å². The van der Waals surface area contributed by atoms with E-state index in [0.29, 0.717) is 16.9 Å². The monoisotopic (exact) mass is 370 g/mol. The Morgan fingerprint density at radius 2 is 1.67 bits per heavy atom. The molecule has 142 valence electrons. The normalized spacial score (nSPS) is 11.6. The number of hydrogen-bond acceptors (Lipinski definition) is 4. The first-order valence-corrected chi connectivity index (χ1v) is 8.46. The van der Waals surface area contributed by atoms with Crippen molar-refractivity contribution in [3.8, 4) is 0 Å². The minimum atomic E-state index is -0.811. The summed E-state index contributed by atoms with van der Waals surface area (Å²) >= 11 is 0. The molecule has 0 bridgehead atoms. The zero-order valence-electron chi connectivity index (χ0n) is 15.4. The Kier molecular flexibility index (Phi) is 6.48. The number of urea groups is 1. The molecule has 0 saturated heterocycles. The molecule has 0 aromatic heterocycles. The lowest BCUT2D eigenvalue weighted by molar-refractivity contribution is -0.385. The van der Waals surface area contributed by atoms with Gasteiger partial charge in [0.2, 0.25) is 5.91 Å². The number of benzene rings is 2. The fraction of sp³-hybridized carbons (Fsp3) is 0.263. The van der Waals surface area contributed by atoms with Crippen LogP contribution in [0.25, 0.3) is 0 Å². The zero-order valence-corrected chi connectivity index (χ0v) is 15.4. The number of nitrogens with one attached hydrogen (secondary N) is 3. The van der Waals surface area contributed by atoms with Crippen LogP contribution < -0.4 is 16.0 Å². The van der Waals surface area contributed by atoms with E-state index in [-0.39, 0.29) is 11.6 Å². The summed E-state index contributed by atoms with van der Waals surface area (Å²) in [4.78, 5) is 35.3. The van der Waals surface area contributed by atoms with Crippen molar-refractivity contribution >= 4 is 29.0 Å². The highest BCUT2D eigenvalue weighted by Crippen LogP contribution is 2.22. The van der Waals surface area contributed by atoms with Gasteiger partial charge in [-0.15, -0.1) is 0 Å². The van der Waals surface area contributed by atoms with Crippen LogP contribution >= 0.6 is 0 Å². The van der Waals surface area contributed by atoms with Crippen LogP contribution in [0.2, 0.25) is 0 Å². The number of rotatable bonds is 6. The van der Waals surface area contributed by atoms with Crippen molar-refractivity contribution in [2.24, 2.45) is 5.92 Å². The van der Waals surface area contributed by atoms with Crippen molar-refractivity contribution in [3.05, 3.63) is 64.2 Å². The molecule has 3 N–H and O–H groups in total. The third-order valence-corrected chi connectivity index (χ3v) is 3.94. The number of nitro benzene ring substituents is 1. The number of anilines is 2. The lowest BCUT2D eigenvalue weighted by atomic mass is 10.0. The van der Waals surface area contributed by atoms with Gasteiger partial charge in [-0.25, -0.2) is 4.79 Å². The van der Waals surface area contributed by atoms with Gasteiger partial charge in [0.1, 0.15) is 6.04 Å². The van der Waals surface area contributed by atoms with Crippen LogP contribution in [0, 0.1) is 23.0 Å². The van der Waals surface area contributed by atoms with Gasteiger partial charge in [0.25, 0.3) is 5.69 Å². The maximum Gasteiger partial charge on any atom is 0.319 e. The third kappa shape index (κ3) is 5.53. The molecule has 1 atom stereocenters. The lowest BCUT2D eigenvalue weighted by Crippen LogP contribution is -2.48. The molecule has 0 fully saturated rings. The number of para-hydroxylation sites is 1. The fourth-order valence-corrected chi connectivity index (χ4v) is 2.47. The van der Waals surface area contributed by atoms with Crippen molar-refractivity contribution in [1.29, 1.82) is 0 Å². The number of nitrogens with zero attached hydrogens (tertiary/aromatic N) is 1. The van der Waals surface area contributed by atoms with Gasteiger partial charge < -0.3 is 16.0 Å². The van der Waals surface area contributed by atoms with E-state index in [1.54, 1.807) is 57.2 Å². The van der Waals surface area contributed by atoms with Crippen LogP contribution in [-0.4, -0.2) is 22.9 Å². The van der Waals surface area contributed by atoms with Crippen LogP contribution in [-0.2, 0) is 4.79 Å². The predicted molar refractivity (Wildman–Crippen MR) is 104 cm³/mol. The molecular weight excluding hydrogens is 348 g/mol. The first-order chi connectivity index (χ1) is 12.8. The fourth-order valence-electron chi connectivity index (χ4n) is 2.47. The zero-order chi connectivity index (χ0) is 20.0. The van der Waals surface area contributed by atoms with E-state index in [1.165, 1.54) is 6.07 Å². The van der Waals surface area contributed by atoms with E-state index < -0.39 is 22.9 Å². The summed E-state index contributed by atoms with van der Waals surface area (Å²) in [7, 11) is 0. The lowest BCUT2D eigenvalue weighted by Gasteiger charge is -2.22. The highest BCUT2D eigenvalue weighted by atomic mass is 16.6. The smallest absolute Gasteiger partial charge is 0.319 e. The highest BCUT2D eigenvalue weighted by molar-refractivity contribution is 5.99. The predicted octanol–water partition coefficient (Wildman–Crippen LogP) is 3.69. The number of nitro groups is 1. The Morgan fingerprint density at radius 1 is 1.00 bits per heavy atom. The second kappa shape index (κ2) is 8.79. The van der Waals surface area contributed by atoms with Gasteiger partial charge in [0.05, 0.1) is 4.92 Å². The summed E-state index contributed by atoms with van der Waals surface area (Å²) in [5.74, 6) is -0.640. The molecule has 0 aliphatic rings. The number of hydrogen-bond donors (Lipinski definition) is 3. The summed E-state index contributed by atoms with van der Waals surface area (Å²) in [5, 5.41) is 19.0. The topological polar surface area (TPSA) is 113 Å². The summed E-state index contributed by atoms with van der Waals surface area (Å²) in [5.41, 5.74) is 1.32. The van der Waals surface area contributed by atoms with E-state index >= 15 is 0 Å². The molecule has 0 saturated carbocycles. The van der Waals surface area contributed by atoms with Crippen molar-refractivity contribution in [3.63, 3.8) is 0 Å². The molecule has 8 nitrogen and oxygen atoms in total. The molecule has 1 unspecified atom stereocenters. The van der Waals surface area contributed by atoms with E-state index in [4.69, 9.17) is 0 Å². The highest BCUT2D eigenvalue weighted by Gasteiger charge is 2.25. The summed E-state index contributed by atoms with van der Waals surface area (Å²) in [6.45, 7) is 5.21. The van der Waals surface area contributed by atoms with Gasteiger partial charge in [-0.3, -0.25) is 14.9 Å². The van der Waals surface area contributed by atoms with Gasteiger partial charge in [-0.05, 0) is 31.0 Å². The van der Waals surface area contributed by atoms with Gasteiger partial charge in [0, 0.05) is 23.0 Å². The Bertz CT molecular complexity index is 837. The number of carbonyl (C=O) groups is 2. The number of aryl methyl sites for hydroxylation is 1. The molecule has 3 amide bonds. The number of amides is 3. The molecule has 8 heteroatoms. The quantitative estimate of drug-likeness (QED) is 0.531. The summed E-state index contributed by atoms with van der Waals surface area (Å²) in [6, 6.07) is 12.0. The number of carbonyl (C=O) groups excluding carboxylic acids is 2. The molecular formula is C19H22N4O4.